The van der Waals surface area contributed by atoms with Crippen LogP contribution in [0.1, 0.15) is 28.8 Å². The van der Waals surface area contributed by atoms with Gasteiger partial charge in [0.05, 0.1) is 6.61 Å². The standard InChI is InChI=1S/C25H27F2N5O5/c26-25(27)8-10-31(11-9-25)23(35)16-2-1-3-18(14-16)32-12-13-37-20(24(32)36)19(33)22(34)30-17-6-4-15(5-7-17)21(28)29/h1-7,14,19-20,33H,8-13H2,(H3,28,29)(H,30,34)/t19?,20-/m1/s1. The van der Waals surface area contributed by atoms with E-state index in [-0.39, 0.29) is 37.6 Å². The number of hydrogen-bond donors (Lipinski definition) is 4. The summed E-state index contributed by atoms with van der Waals surface area (Å²) in [6, 6.07) is 12.3. The number of nitrogen functional groups attached to an aromatic ring is 1. The van der Waals surface area contributed by atoms with E-state index in [0.29, 0.717) is 16.9 Å². The van der Waals surface area contributed by atoms with Crippen LogP contribution in [0.3, 0.4) is 0 Å². The molecule has 2 aliphatic rings. The molecule has 0 aliphatic carbocycles. The fourth-order valence-electron chi connectivity index (χ4n) is 4.20. The first kappa shape index (κ1) is 26.2. The predicted octanol–water partition coefficient (Wildman–Crippen LogP) is 1.57. The lowest BCUT2D eigenvalue weighted by molar-refractivity contribution is -0.150. The molecule has 2 aromatic carbocycles. The van der Waals surface area contributed by atoms with Crippen LogP contribution in [-0.2, 0) is 14.3 Å². The molecule has 3 amide bonds. The number of hydrogen-bond acceptors (Lipinski definition) is 6. The van der Waals surface area contributed by atoms with Gasteiger partial charge in [-0.1, -0.05) is 6.07 Å². The number of anilines is 2. The van der Waals surface area contributed by atoms with Gasteiger partial charge in [-0.25, -0.2) is 8.78 Å². The third-order valence-electron chi connectivity index (χ3n) is 6.33. The fourth-order valence-corrected chi connectivity index (χ4v) is 4.20. The van der Waals surface area contributed by atoms with Crippen molar-refractivity contribution in [2.24, 2.45) is 5.73 Å². The van der Waals surface area contributed by atoms with Crippen LogP contribution in [-0.4, -0.2) is 77.9 Å². The molecule has 2 fully saturated rings. The maximum atomic E-state index is 13.5. The number of aliphatic hydroxyl groups excluding tert-OH is 1. The van der Waals surface area contributed by atoms with Crippen molar-refractivity contribution in [1.29, 1.82) is 5.41 Å². The molecule has 12 heteroatoms. The number of carbonyl (C=O) groups excluding carboxylic acids is 3. The Hall–Kier alpha value is -3.90. The molecule has 0 aromatic heterocycles. The summed E-state index contributed by atoms with van der Waals surface area (Å²) in [6.07, 6.45) is -4.09. The van der Waals surface area contributed by atoms with Crippen LogP contribution in [0.2, 0.25) is 0 Å². The van der Waals surface area contributed by atoms with Gasteiger partial charge in [-0.3, -0.25) is 19.8 Å². The smallest absolute Gasteiger partial charge is 0.259 e. The Labute approximate surface area is 211 Å². The molecule has 0 spiro atoms. The zero-order valence-corrected chi connectivity index (χ0v) is 19.8. The number of likely N-dealkylation sites (tertiary alicyclic amines) is 1. The van der Waals surface area contributed by atoms with Crippen LogP contribution in [0.4, 0.5) is 20.2 Å². The number of morpholine rings is 1. The lowest BCUT2D eigenvalue weighted by atomic mass is 10.0. The van der Waals surface area contributed by atoms with E-state index in [0.717, 1.165) is 0 Å². The Bertz CT molecular complexity index is 1200. The topological polar surface area (TPSA) is 149 Å². The number of ether oxygens (including phenoxy) is 1. The third-order valence-corrected chi connectivity index (χ3v) is 6.33. The fraction of sp³-hybridized carbons (Fsp3) is 0.360. The second-order valence-electron chi connectivity index (χ2n) is 8.90. The Morgan fingerprint density at radius 2 is 1.78 bits per heavy atom. The van der Waals surface area contributed by atoms with Crippen LogP contribution >= 0.6 is 0 Å². The minimum absolute atomic E-state index is 0.0352. The molecule has 0 radical (unpaired) electrons. The second-order valence-corrected chi connectivity index (χ2v) is 8.90. The van der Waals surface area contributed by atoms with Crippen molar-refractivity contribution in [3.63, 3.8) is 0 Å². The second kappa shape index (κ2) is 10.6. The Morgan fingerprint density at radius 1 is 1.11 bits per heavy atom. The molecule has 37 heavy (non-hydrogen) atoms. The quantitative estimate of drug-likeness (QED) is 0.339. The van der Waals surface area contributed by atoms with Crippen molar-refractivity contribution in [3.8, 4) is 0 Å². The van der Waals surface area contributed by atoms with Gasteiger partial charge in [0.1, 0.15) is 5.84 Å². The summed E-state index contributed by atoms with van der Waals surface area (Å²) < 4.78 is 32.3. The van der Waals surface area contributed by atoms with Gasteiger partial charge in [-0.05, 0) is 42.5 Å². The average Bonchev–Trinajstić information content (AvgIpc) is 2.88. The average molecular weight is 516 g/mol. The number of rotatable bonds is 6. The van der Waals surface area contributed by atoms with E-state index in [4.69, 9.17) is 15.9 Å². The molecule has 2 aromatic rings. The number of nitrogens with two attached hydrogens (primary N) is 1. The van der Waals surface area contributed by atoms with E-state index in [2.05, 4.69) is 5.32 Å². The minimum atomic E-state index is -2.78. The number of carbonyl (C=O) groups is 3. The molecule has 5 N–H and O–H groups in total. The number of amides is 3. The van der Waals surface area contributed by atoms with E-state index in [1.165, 1.54) is 40.1 Å². The van der Waals surface area contributed by atoms with Crippen molar-refractivity contribution >= 4 is 34.9 Å². The summed E-state index contributed by atoms with van der Waals surface area (Å²) in [7, 11) is 0. The predicted molar refractivity (Wildman–Crippen MR) is 131 cm³/mol. The third kappa shape index (κ3) is 5.92. The SMILES string of the molecule is N=C(N)c1ccc(NC(=O)C(O)[C@H]2OCCN(c3cccc(C(=O)N4CCC(F)(F)CC4)c3)C2=O)cc1. The summed E-state index contributed by atoms with van der Waals surface area (Å²) in [5.74, 6) is -4.85. The Kier molecular flexibility index (Phi) is 7.50. The molecule has 2 saturated heterocycles. The zero-order chi connectivity index (χ0) is 26.7. The van der Waals surface area contributed by atoms with Gasteiger partial charge in [0.15, 0.2) is 12.2 Å². The number of benzene rings is 2. The number of alkyl halides is 2. The largest absolute Gasteiger partial charge is 0.384 e. The highest BCUT2D eigenvalue weighted by atomic mass is 19.3. The van der Waals surface area contributed by atoms with Crippen molar-refractivity contribution < 1.29 is 33.0 Å². The highest BCUT2D eigenvalue weighted by Gasteiger charge is 2.40. The first-order valence-electron chi connectivity index (χ1n) is 11.7. The lowest BCUT2D eigenvalue weighted by Crippen LogP contribution is -2.55. The minimum Gasteiger partial charge on any atom is -0.384 e. The maximum Gasteiger partial charge on any atom is 0.259 e. The van der Waals surface area contributed by atoms with Crippen molar-refractivity contribution in [3.05, 3.63) is 59.7 Å². The van der Waals surface area contributed by atoms with E-state index >= 15 is 0 Å². The van der Waals surface area contributed by atoms with Crippen molar-refractivity contribution in [2.75, 3.05) is 36.5 Å². The molecule has 0 bridgehead atoms. The number of nitrogens with zero attached hydrogens (tertiary/aromatic N) is 2. The first-order valence-corrected chi connectivity index (χ1v) is 11.7. The van der Waals surface area contributed by atoms with Gasteiger partial charge < -0.3 is 30.7 Å². The summed E-state index contributed by atoms with van der Waals surface area (Å²) in [5.41, 5.74) is 6.80. The molecular weight excluding hydrogens is 488 g/mol. The zero-order valence-electron chi connectivity index (χ0n) is 19.8. The van der Waals surface area contributed by atoms with Gasteiger partial charge in [0, 0.05) is 55.0 Å². The highest BCUT2D eigenvalue weighted by molar-refractivity contribution is 6.05. The van der Waals surface area contributed by atoms with Crippen LogP contribution in [0.25, 0.3) is 0 Å². The molecule has 2 atom stereocenters. The van der Waals surface area contributed by atoms with Gasteiger partial charge in [-0.2, -0.15) is 0 Å². The number of aliphatic hydroxyl groups is 1. The summed E-state index contributed by atoms with van der Waals surface area (Å²) in [6.45, 7) is 0.0397. The monoisotopic (exact) mass is 515 g/mol. The Balaban J connectivity index is 1.43. The highest BCUT2D eigenvalue weighted by Crippen LogP contribution is 2.29. The van der Waals surface area contributed by atoms with Crippen molar-refractivity contribution in [1.82, 2.24) is 4.90 Å². The van der Waals surface area contributed by atoms with Crippen LogP contribution < -0.4 is 16.0 Å². The van der Waals surface area contributed by atoms with Crippen molar-refractivity contribution in [2.45, 2.75) is 31.0 Å². The molecule has 4 rings (SSSR count). The van der Waals surface area contributed by atoms with Gasteiger partial charge >= 0.3 is 0 Å². The summed E-state index contributed by atoms with van der Waals surface area (Å²) >= 11 is 0. The summed E-state index contributed by atoms with van der Waals surface area (Å²) in [5, 5.41) is 20.5. The van der Waals surface area contributed by atoms with E-state index in [9.17, 15) is 28.3 Å². The number of nitrogens with one attached hydrogen (secondary N) is 2. The number of halogens is 2. The van der Waals surface area contributed by atoms with Crippen LogP contribution in [0.15, 0.2) is 48.5 Å². The molecule has 0 saturated carbocycles. The molecule has 10 nitrogen and oxygen atoms in total. The molecule has 196 valence electrons. The molecule has 1 unspecified atom stereocenters. The Morgan fingerprint density at radius 3 is 2.43 bits per heavy atom. The lowest BCUT2D eigenvalue weighted by Gasteiger charge is -2.34. The van der Waals surface area contributed by atoms with E-state index in [1.54, 1.807) is 18.2 Å². The normalized spacial score (nSPS) is 20.3. The van der Waals surface area contributed by atoms with Crippen LogP contribution in [0.5, 0.6) is 0 Å². The van der Waals surface area contributed by atoms with Crippen LogP contribution in [0, 0.1) is 5.41 Å². The number of amidine groups is 1. The van der Waals surface area contributed by atoms with Gasteiger partial charge in [0.25, 0.3) is 23.6 Å². The van der Waals surface area contributed by atoms with E-state index < -0.39 is 48.7 Å². The molecular formula is C25H27F2N5O5. The van der Waals surface area contributed by atoms with E-state index in [1.807, 2.05) is 0 Å². The number of piperidine rings is 1. The van der Waals surface area contributed by atoms with Gasteiger partial charge in [0.2, 0.25) is 0 Å². The molecule has 2 heterocycles. The molecule has 2 aliphatic heterocycles. The first-order chi connectivity index (χ1) is 17.6. The summed E-state index contributed by atoms with van der Waals surface area (Å²) in [4.78, 5) is 41.3. The van der Waals surface area contributed by atoms with Gasteiger partial charge in [-0.15, -0.1) is 0 Å². The maximum absolute atomic E-state index is 13.5.